The summed E-state index contributed by atoms with van der Waals surface area (Å²) in [5.41, 5.74) is 5.20. The topological polar surface area (TPSA) is 26.3 Å². The van der Waals surface area contributed by atoms with Crippen LogP contribution >= 0.6 is 0 Å². The van der Waals surface area contributed by atoms with Crippen LogP contribution < -0.4 is 4.74 Å². The second-order valence-corrected chi connectivity index (χ2v) is 5.88. The summed E-state index contributed by atoms with van der Waals surface area (Å²) in [4.78, 5) is 11.6. The lowest BCUT2D eigenvalue weighted by atomic mass is 9.97. The van der Waals surface area contributed by atoms with Crippen LogP contribution in [-0.2, 0) is 6.61 Å². The number of rotatable bonds is 5. The Labute approximate surface area is 142 Å². The largest absolute Gasteiger partial charge is 0.489 e. The molecule has 0 saturated carbocycles. The van der Waals surface area contributed by atoms with E-state index < -0.39 is 0 Å². The highest BCUT2D eigenvalue weighted by atomic mass is 16.5. The average Bonchev–Trinajstić information content (AvgIpc) is 2.61. The van der Waals surface area contributed by atoms with Crippen LogP contribution in [0.4, 0.5) is 0 Å². The number of ether oxygens (including phenoxy) is 1. The van der Waals surface area contributed by atoms with Crippen molar-refractivity contribution >= 4 is 5.78 Å². The zero-order chi connectivity index (χ0) is 16.9. The van der Waals surface area contributed by atoms with Gasteiger partial charge in [0.2, 0.25) is 0 Å². The number of hydrogen-bond acceptors (Lipinski definition) is 2. The third kappa shape index (κ3) is 3.72. The van der Waals surface area contributed by atoms with Gasteiger partial charge >= 0.3 is 0 Å². The lowest BCUT2D eigenvalue weighted by Gasteiger charge is -2.10. The fourth-order valence-electron chi connectivity index (χ4n) is 2.62. The second-order valence-electron chi connectivity index (χ2n) is 5.88. The molecule has 24 heavy (non-hydrogen) atoms. The van der Waals surface area contributed by atoms with Crippen molar-refractivity contribution in [2.45, 2.75) is 20.5 Å². The molecule has 0 bridgehead atoms. The lowest BCUT2D eigenvalue weighted by molar-refractivity contribution is 0.101. The predicted molar refractivity (Wildman–Crippen MR) is 97.4 cm³/mol. The summed E-state index contributed by atoms with van der Waals surface area (Å²) < 4.78 is 5.82. The number of carbonyl (C=O) groups excluding carboxylic acids is 1. The fourth-order valence-corrected chi connectivity index (χ4v) is 2.62. The summed E-state index contributed by atoms with van der Waals surface area (Å²) in [5.74, 6) is 0.919. The first kappa shape index (κ1) is 16.0. The number of carbonyl (C=O) groups is 1. The molecule has 0 aromatic heterocycles. The van der Waals surface area contributed by atoms with Crippen molar-refractivity contribution in [1.29, 1.82) is 0 Å². The van der Waals surface area contributed by atoms with Crippen molar-refractivity contribution in [3.05, 3.63) is 89.5 Å². The molecular formula is C22H20O2. The number of ketones is 1. The summed E-state index contributed by atoms with van der Waals surface area (Å²) in [6, 6.07) is 23.9. The van der Waals surface area contributed by atoms with Crippen molar-refractivity contribution in [3.63, 3.8) is 0 Å². The van der Waals surface area contributed by atoms with Gasteiger partial charge in [-0.2, -0.15) is 0 Å². The Balaban J connectivity index is 1.77. The van der Waals surface area contributed by atoms with Crippen molar-refractivity contribution in [2.24, 2.45) is 0 Å². The number of hydrogen-bond donors (Lipinski definition) is 0. The predicted octanol–water partition coefficient (Wildman–Crippen LogP) is 5.44. The third-order valence-electron chi connectivity index (χ3n) is 4.06. The Hall–Kier alpha value is -2.87. The van der Waals surface area contributed by atoms with E-state index >= 15 is 0 Å². The van der Waals surface area contributed by atoms with E-state index in [0.717, 1.165) is 33.6 Å². The minimum atomic E-state index is 0.0825. The van der Waals surface area contributed by atoms with Gasteiger partial charge in [0.25, 0.3) is 0 Å². The van der Waals surface area contributed by atoms with Crippen LogP contribution in [0.5, 0.6) is 5.75 Å². The van der Waals surface area contributed by atoms with E-state index in [1.807, 2.05) is 72.8 Å². The molecule has 0 saturated heterocycles. The zero-order valence-electron chi connectivity index (χ0n) is 14.0. The van der Waals surface area contributed by atoms with Gasteiger partial charge in [0.1, 0.15) is 12.4 Å². The van der Waals surface area contributed by atoms with Crippen LogP contribution in [0, 0.1) is 6.92 Å². The van der Waals surface area contributed by atoms with Crippen molar-refractivity contribution in [2.75, 3.05) is 0 Å². The molecule has 0 fully saturated rings. The van der Waals surface area contributed by atoms with Crippen LogP contribution in [0.3, 0.4) is 0 Å². The smallest absolute Gasteiger partial charge is 0.159 e. The molecular weight excluding hydrogens is 296 g/mol. The molecule has 0 atom stereocenters. The molecule has 120 valence electrons. The van der Waals surface area contributed by atoms with Crippen molar-refractivity contribution in [3.8, 4) is 16.9 Å². The van der Waals surface area contributed by atoms with E-state index in [0.29, 0.717) is 6.61 Å². The third-order valence-corrected chi connectivity index (χ3v) is 4.06. The van der Waals surface area contributed by atoms with Gasteiger partial charge in [0.05, 0.1) is 0 Å². The van der Waals surface area contributed by atoms with E-state index in [1.54, 1.807) is 6.92 Å². The molecule has 0 N–H and O–H groups in total. The molecule has 0 unspecified atom stereocenters. The van der Waals surface area contributed by atoms with E-state index in [-0.39, 0.29) is 5.78 Å². The fraction of sp³-hybridized carbons (Fsp3) is 0.136. The van der Waals surface area contributed by atoms with Gasteiger partial charge in [-0.15, -0.1) is 0 Å². The molecule has 3 rings (SSSR count). The molecule has 3 aromatic carbocycles. The Morgan fingerprint density at radius 1 is 0.917 bits per heavy atom. The van der Waals surface area contributed by atoms with Gasteiger partial charge in [-0.3, -0.25) is 4.79 Å². The Morgan fingerprint density at radius 3 is 2.29 bits per heavy atom. The first-order valence-electron chi connectivity index (χ1n) is 8.02. The van der Waals surface area contributed by atoms with E-state index in [2.05, 4.69) is 6.92 Å². The molecule has 0 aliphatic rings. The molecule has 3 aromatic rings. The SMILES string of the molecule is CC(=O)c1ccc(C)c(-c2ccc(OCc3ccccc3)cc2)c1. The van der Waals surface area contributed by atoms with Crippen molar-refractivity contribution in [1.82, 2.24) is 0 Å². The maximum Gasteiger partial charge on any atom is 0.159 e. The molecule has 2 nitrogen and oxygen atoms in total. The number of benzene rings is 3. The molecule has 2 heteroatoms. The summed E-state index contributed by atoms with van der Waals surface area (Å²) in [5, 5.41) is 0. The molecule has 0 amide bonds. The Bertz CT molecular complexity index is 834. The van der Waals surface area contributed by atoms with Gasteiger partial charge in [-0.05, 0) is 54.3 Å². The van der Waals surface area contributed by atoms with Gasteiger partial charge < -0.3 is 4.74 Å². The molecule has 0 aliphatic carbocycles. The summed E-state index contributed by atoms with van der Waals surface area (Å²) in [7, 11) is 0. The summed E-state index contributed by atoms with van der Waals surface area (Å²) in [6.45, 7) is 4.20. The van der Waals surface area contributed by atoms with E-state index in [9.17, 15) is 4.79 Å². The maximum absolute atomic E-state index is 11.6. The highest BCUT2D eigenvalue weighted by Gasteiger charge is 2.06. The second kappa shape index (κ2) is 7.14. The normalized spacial score (nSPS) is 10.4. The monoisotopic (exact) mass is 316 g/mol. The Kier molecular flexibility index (Phi) is 4.76. The molecule has 0 aliphatic heterocycles. The highest BCUT2D eigenvalue weighted by Crippen LogP contribution is 2.27. The van der Waals surface area contributed by atoms with Gasteiger partial charge in [0, 0.05) is 5.56 Å². The first-order chi connectivity index (χ1) is 11.6. The first-order valence-corrected chi connectivity index (χ1v) is 8.02. The van der Waals surface area contributed by atoms with Crippen LogP contribution in [-0.4, -0.2) is 5.78 Å². The van der Waals surface area contributed by atoms with E-state index in [4.69, 9.17) is 4.74 Å². The zero-order valence-corrected chi connectivity index (χ0v) is 14.0. The summed E-state index contributed by atoms with van der Waals surface area (Å²) in [6.07, 6.45) is 0. The van der Waals surface area contributed by atoms with E-state index in [1.165, 1.54) is 0 Å². The minimum absolute atomic E-state index is 0.0825. The average molecular weight is 316 g/mol. The molecule has 0 radical (unpaired) electrons. The van der Waals surface area contributed by atoms with Crippen LogP contribution in [0.1, 0.15) is 28.4 Å². The summed E-state index contributed by atoms with van der Waals surface area (Å²) >= 11 is 0. The minimum Gasteiger partial charge on any atom is -0.489 e. The number of Topliss-reactive ketones (excluding diaryl/α,β-unsaturated/α-hetero) is 1. The Morgan fingerprint density at radius 2 is 1.62 bits per heavy atom. The highest BCUT2D eigenvalue weighted by molar-refractivity contribution is 5.95. The molecule has 0 spiro atoms. The standard InChI is InChI=1S/C22H20O2/c1-16-8-9-20(17(2)23)14-22(16)19-10-12-21(13-11-19)24-15-18-6-4-3-5-7-18/h3-14H,15H2,1-2H3. The lowest BCUT2D eigenvalue weighted by Crippen LogP contribution is -1.96. The van der Waals surface area contributed by atoms with Crippen LogP contribution in [0.2, 0.25) is 0 Å². The van der Waals surface area contributed by atoms with Crippen molar-refractivity contribution < 1.29 is 9.53 Å². The van der Waals surface area contributed by atoms with Gasteiger partial charge in [-0.25, -0.2) is 0 Å². The van der Waals surface area contributed by atoms with Gasteiger partial charge in [-0.1, -0.05) is 54.6 Å². The maximum atomic E-state index is 11.6. The number of aryl methyl sites for hydroxylation is 1. The molecule has 0 heterocycles. The van der Waals surface area contributed by atoms with Crippen LogP contribution in [0.15, 0.2) is 72.8 Å². The van der Waals surface area contributed by atoms with Gasteiger partial charge in [0.15, 0.2) is 5.78 Å². The van der Waals surface area contributed by atoms with Crippen LogP contribution in [0.25, 0.3) is 11.1 Å². The quantitative estimate of drug-likeness (QED) is 0.586.